The lowest BCUT2D eigenvalue weighted by molar-refractivity contribution is -0.0798. The Morgan fingerprint density at radius 1 is 1.64 bits per heavy atom. The summed E-state index contributed by atoms with van der Waals surface area (Å²) in [6, 6.07) is 3.84. The van der Waals surface area contributed by atoms with Gasteiger partial charge in [-0.05, 0) is 18.6 Å². The summed E-state index contributed by atoms with van der Waals surface area (Å²) in [7, 11) is 0. The van der Waals surface area contributed by atoms with Crippen LogP contribution in [0.25, 0.3) is 0 Å². The molecule has 2 heterocycles. The number of pyridine rings is 1. The lowest BCUT2D eigenvalue weighted by Crippen LogP contribution is -2.38. The molecular weight excluding hydrogens is 180 g/mol. The first-order valence-electron chi connectivity index (χ1n) is 4.41. The highest BCUT2D eigenvalue weighted by atomic mass is 16.6. The molecule has 4 heteroatoms. The van der Waals surface area contributed by atoms with E-state index in [0.29, 0.717) is 24.7 Å². The molecule has 0 aliphatic carbocycles. The van der Waals surface area contributed by atoms with E-state index >= 15 is 0 Å². The molecule has 0 spiro atoms. The van der Waals surface area contributed by atoms with Crippen LogP contribution in [0.3, 0.4) is 0 Å². The summed E-state index contributed by atoms with van der Waals surface area (Å²) in [6.45, 7) is 3.12. The minimum atomic E-state index is 0.143. The van der Waals surface area contributed by atoms with Crippen molar-refractivity contribution in [3.05, 3.63) is 23.5 Å². The fraction of sp³-hybridized carbons (Fsp3) is 0.400. The van der Waals surface area contributed by atoms with Gasteiger partial charge in [-0.3, -0.25) is 0 Å². The quantitative estimate of drug-likeness (QED) is 0.699. The predicted molar refractivity (Wildman–Crippen MR) is 48.9 cm³/mol. The van der Waals surface area contributed by atoms with E-state index in [9.17, 15) is 0 Å². The molecule has 1 aromatic rings. The van der Waals surface area contributed by atoms with Crippen LogP contribution < -0.4 is 4.74 Å². The van der Waals surface area contributed by atoms with Crippen LogP contribution in [0, 0.1) is 18.3 Å². The van der Waals surface area contributed by atoms with Crippen molar-refractivity contribution in [3.8, 4) is 11.8 Å². The van der Waals surface area contributed by atoms with Crippen molar-refractivity contribution < 1.29 is 9.47 Å². The van der Waals surface area contributed by atoms with Crippen LogP contribution in [0.2, 0.25) is 0 Å². The molecule has 1 fully saturated rings. The monoisotopic (exact) mass is 190 g/mol. The molecule has 4 nitrogen and oxygen atoms in total. The first-order valence-corrected chi connectivity index (χ1v) is 4.41. The third-order valence-electron chi connectivity index (χ3n) is 2.07. The maximum absolute atomic E-state index is 8.68. The summed E-state index contributed by atoms with van der Waals surface area (Å²) in [4.78, 5) is 3.98. The van der Waals surface area contributed by atoms with Crippen molar-refractivity contribution in [1.82, 2.24) is 4.98 Å². The zero-order valence-corrected chi connectivity index (χ0v) is 7.86. The molecule has 0 saturated carbocycles. The van der Waals surface area contributed by atoms with E-state index < -0.39 is 0 Å². The fourth-order valence-electron chi connectivity index (χ4n) is 1.21. The third kappa shape index (κ3) is 1.68. The number of rotatable bonds is 2. The Balaban J connectivity index is 2.12. The van der Waals surface area contributed by atoms with Crippen LogP contribution in [0.1, 0.15) is 11.3 Å². The minimum Gasteiger partial charge on any atom is -0.484 e. The van der Waals surface area contributed by atoms with Crippen molar-refractivity contribution in [3.63, 3.8) is 0 Å². The van der Waals surface area contributed by atoms with Gasteiger partial charge in [0.05, 0.1) is 19.4 Å². The number of nitrogens with zero attached hydrogens (tertiary/aromatic N) is 2. The molecule has 0 radical (unpaired) electrons. The van der Waals surface area contributed by atoms with Gasteiger partial charge in [-0.1, -0.05) is 0 Å². The van der Waals surface area contributed by atoms with Gasteiger partial charge >= 0.3 is 0 Å². The smallest absolute Gasteiger partial charge is 0.145 e. The maximum Gasteiger partial charge on any atom is 0.145 e. The molecule has 1 aromatic heterocycles. The molecule has 0 N–H and O–H groups in total. The Kier molecular flexibility index (Phi) is 2.33. The van der Waals surface area contributed by atoms with E-state index in [2.05, 4.69) is 4.98 Å². The van der Waals surface area contributed by atoms with E-state index in [1.165, 1.54) is 0 Å². The standard InChI is InChI=1S/C10H10N2O2/c1-7-2-8(4-12-10(7)3-11)14-9-5-13-6-9/h2,4,9H,5-6H2,1H3. The molecule has 2 rings (SSSR count). The molecular formula is C10H10N2O2. The lowest BCUT2D eigenvalue weighted by atomic mass is 10.2. The first kappa shape index (κ1) is 8.97. The van der Waals surface area contributed by atoms with Gasteiger partial charge in [0.1, 0.15) is 23.6 Å². The van der Waals surface area contributed by atoms with Gasteiger partial charge in [0.25, 0.3) is 0 Å². The van der Waals surface area contributed by atoms with Crippen LogP contribution >= 0.6 is 0 Å². The highest BCUT2D eigenvalue weighted by molar-refractivity contribution is 5.35. The topological polar surface area (TPSA) is 55.1 Å². The summed E-state index contributed by atoms with van der Waals surface area (Å²) < 4.78 is 10.5. The predicted octanol–water partition coefficient (Wildman–Crippen LogP) is 1.04. The second-order valence-corrected chi connectivity index (χ2v) is 3.23. The molecule has 72 valence electrons. The van der Waals surface area contributed by atoms with Crippen molar-refractivity contribution >= 4 is 0 Å². The third-order valence-corrected chi connectivity index (χ3v) is 2.07. The zero-order valence-electron chi connectivity index (χ0n) is 7.86. The van der Waals surface area contributed by atoms with Gasteiger partial charge in [0.2, 0.25) is 0 Å². The van der Waals surface area contributed by atoms with E-state index in [1.54, 1.807) is 6.20 Å². The number of nitriles is 1. The van der Waals surface area contributed by atoms with Gasteiger partial charge < -0.3 is 9.47 Å². The molecule has 1 aliphatic rings. The van der Waals surface area contributed by atoms with Gasteiger partial charge in [0.15, 0.2) is 0 Å². The SMILES string of the molecule is Cc1cc(OC2COC2)cnc1C#N. The number of aryl methyl sites for hydroxylation is 1. The summed E-state index contributed by atoms with van der Waals surface area (Å²) in [5, 5.41) is 8.68. The lowest BCUT2D eigenvalue weighted by Gasteiger charge is -2.26. The zero-order chi connectivity index (χ0) is 9.97. The van der Waals surface area contributed by atoms with Crippen LogP contribution in [-0.4, -0.2) is 24.3 Å². The molecule has 0 unspecified atom stereocenters. The molecule has 0 amide bonds. The van der Waals surface area contributed by atoms with E-state index in [1.807, 2.05) is 19.1 Å². The average molecular weight is 190 g/mol. The summed E-state index contributed by atoms with van der Waals surface area (Å²) >= 11 is 0. The van der Waals surface area contributed by atoms with Crippen molar-refractivity contribution in [2.24, 2.45) is 0 Å². The molecule has 0 aromatic carbocycles. The first-order chi connectivity index (χ1) is 6.79. The molecule has 1 aliphatic heterocycles. The average Bonchev–Trinajstić information content (AvgIpc) is 2.12. The second-order valence-electron chi connectivity index (χ2n) is 3.23. The highest BCUT2D eigenvalue weighted by Crippen LogP contribution is 2.17. The fourth-order valence-corrected chi connectivity index (χ4v) is 1.21. The number of hydrogen-bond donors (Lipinski definition) is 0. The molecule has 1 saturated heterocycles. The van der Waals surface area contributed by atoms with Crippen LogP contribution in [-0.2, 0) is 4.74 Å². The summed E-state index contributed by atoms with van der Waals surface area (Å²) in [5.74, 6) is 0.704. The Morgan fingerprint density at radius 3 is 2.93 bits per heavy atom. The van der Waals surface area contributed by atoms with Gasteiger partial charge in [-0.2, -0.15) is 5.26 Å². The van der Waals surface area contributed by atoms with Gasteiger partial charge in [0, 0.05) is 0 Å². The van der Waals surface area contributed by atoms with E-state index in [0.717, 1.165) is 5.56 Å². The Hall–Kier alpha value is -1.60. The van der Waals surface area contributed by atoms with Crippen LogP contribution in [0.15, 0.2) is 12.3 Å². The number of hydrogen-bond acceptors (Lipinski definition) is 4. The van der Waals surface area contributed by atoms with Crippen LogP contribution in [0.4, 0.5) is 0 Å². The van der Waals surface area contributed by atoms with Crippen LogP contribution in [0.5, 0.6) is 5.75 Å². The van der Waals surface area contributed by atoms with Crippen molar-refractivity contribution in [2.75, 3.05) is 13.2 Å². The Labute approximate surface area is 82.1 Å². The Bertz CT molecular complexity index is 380. The van der Waals surface area contributed by atoms with Crippen molar-refractivity contribution in [2.45, 2.75) is 13.0 Å². The van der Waals surface area contributed by atoms with Crippen molar-refractivity contribution in [1.29, 1.82) is 5.26 Å². The van der Waals surface area contributed by atoms with E-state index in [4.69, 9.17) is 14.7 Å². The highest BCUT2D eigenvalue weighted by Gasteiger charge is 2.20. The largest absolute Gasteiger partial charge is 0.484 e. The van der Waals surface area contributed by atoms with Gasteiger partial charge in [-0.15, -0.1) is 0 Å². The molecule has 14 heavy (non-hydrogen) atoms. The molecule has 0 atom stereocenters. The van der Waals surface area contributed by atoms with Gasteiger partial charge in [-0.25, -0.2) is 4.98 Å². The number of aromatic nitrogens is 1. The minimum absolute atomic E-state index is 0.143. The molecule has 0 bridgehead atoms. The van der Waals surface area contributed by atoms with E-state index in [-0.39, 0.29) is 6.10 Å². The Morgan fingerprint density at radius 2 is 2.43 bits per heavy atom. The number of ether oxygens (including phenoxy) is 2. The second kappa shape index (κ2) is 3.64. The summed E-state index contributed by atoms with van der Waals surface area (Å²) in [6.07, 6.45) is 1.72. The summed E-state index contributed by atoms with van der Waals surface area (Å²) in [5.41, 5.74) is 1.28. The maximum atomic E-state index is 8.68. The normalized spacial score (nSPS) is 15.7.